The maximum absolute atomic E-state index is 6.12. The Bertz CT molecular complexity index is 1670. The van der Waals surface area contributed by atoms with E-state index in [-0.39, 0.29) is 10.8 Å². The molecule has 1 heterocycles. The lowest BCUT2D eigenvalue weighted by molar-refractivity contribution is -0.686. The van der Waals surface area contributed by atoms with E-state index in [0.717, 1.165) is 43.0 Å². The molecular weight excluding hydrogens is 719 g/mol. The summed E-state index contributed by atoms with van der Waals surface area (Å²) in [5.41, 5.74) is 8.22. The summed E-state index contributed by atoms with van der Waals surface area (Å²) in [5, 5.41) is 2.40. The van der Waals surface area contributed by atoms with Gasteiger partial charge in [-0.15, -0.1) is 0 Å². The molecule has 5 rings (SSSR count). The summed E-state index contributed by atoms with van der Waals surface area (Å²) in [6.07, 6.45) is 1.77. The van der Waals surface area contributed by atoms with Crippen molar-refractivity contribution in [3.63, 3.8) is 0 Å². The van der Waals surface area contributed by atoms with E-state index in [0.29, 0.717) is 90.8 Å². The molecule has 0 atom stereocenters. The van der Waals surface area contributed by atoms with Crippen LogP contribution >= 0.6 is 0 Å². The molecule has 0 aromatic heterocycles. The first kappa shape index (κ1) is 44.0. The predicted octanol–water partition coefficient (Wildman–Crippen LogP) is 7.63. The van der Waals surface area contributed by atoms with Crippen LogP contribution in [0.1, 0.15) is 74.9 Å². The summed E-state index contributed by atoms with van der Waals surface area (Å²) < 4.78 is 46.9. The number of fused-ring (bicyclic) bond motifs is 3. The van der Waals surface area contributed by atoms with Crippen LogP contribution in [0.4, 0.5) is 0 Å². The number of para-hydroxylation sites is 2. The Kier molecular flexibility index (Phi) is 17.5. The first-order valence-corrected chi connectivity index (χ1v) is 20.6. The normalized spacial score (nSPS) is 16.0. The van der Waals surface area contributed by atoms with Gasteiger partial charge in [0.25, 0.3) is 0 Å². The number of ether oxygens (including phenoxy) is 8. The zero-order chi connectivity index (χ0) is 40.4. The third-order valence-corrected chi connectivity index (χ3v) is 9.71. The molecule has 2 N–H and O–H groups in total. The number of rotatable bonds is 7. The Morgan fingerprint density at radius 2 is 0.807 bits per heavy atom. The fraction of sp³-hybridized carbons (Fsp3) is 0.500. The predicted molar refractivity (Wildman–Crippen MR) is 225 cm³/mol. The molecule has 1 aliphatic heterocycles. The van der Waals surface area contributed by atoms with Gasteiger partial charge in [-0.3, -0.25) is 0 Å². The molecule has 4 aromatic carbocycles. The van der Waals surface area contributed by atoms with Crippen molar-refractivity contribution in [2.45, 2.75) is 78.3 Å². The van der Waals surface area contributed by atoms with E-state index in [9.17, 15) is 0 Å². The van der Waals surface area contributed by atoms with Crippen molar-refractivity contribution in [3.05, 3.63) is 118 Å². The van der Waals surface area contributed by atoms with E-state index in [2.05, 4.69) is 101 Å². The van der Waals surface area contributed by atoms with Crippen LogP contribution < -0.4 is 24.3 Å². The minimum atomic E-state index is 0.121. The molecule has 0 spiro atoms. The summed E-state index contributed by atoms with van der Waals surface area (Å²) in [6, 6.07) is 29.9. The lowest BCUT2D eigenvalue weighted by Crippen LogP contribution is -2.80. The van der Waals surface area contributed by atoms with Crippen molar-refractivity contribution in [2.24, 2.45) is 0 Å². The van der Waals surface area contributed by atoms with E-state index < -0.39 is 0 Å². The van der Waals surface area contributed by atoms with Crippen LogP contribution in [0.15, 0.2) is 84.9 Å². The lowest BCUT2D eigenvalue weighted by Gasteiger charge is -2.26. The number of benzene rings is 4. The second-order valence-electron chi connectivity index (χ2n) is 16.5. The Morgan fingerprint density at radius 1 is 0.404 bits per heavy atom. The summed E-state index contributed by atoms with van der Waals surface area (Å²) in [7, 11) is 0. The highest BCUT2D eigenvalue weighted by atomic mass is 16.6. The maximum Gasteiger partial charge on any atom is 0.161 e. The number of aryl methyl sites for hydroxylation is 2. The number of hydrogen-bond donors (Lipinski definition) is 1. The minimum Gasteiger partial charge on any atom is -0.491 e. The average Bonchev–Trinajstić information content (AvgIpc) is 3.18. The topological polar surface area (TPSA) is 90.5 Å². The van der Waals surface area contributed by atoms with Crippen LogP contribution in [-0.2, 0) is 55.7 Å². The molecule has 0 aliphatic carbocycles. The SMILES string of the molecule is CC(C)(C)c1cc(C[NH2+]Cc2ccc(CCc3cc4cc(c3)OCCOCCOCCOc3ccccc3OCCOCCOCCO4)cc2)cc(C(C)(C)C)c1. The van der Waals surface area contributed by atoms with Gasteiger partial charge in [-0.1, -0.05) is 84.0 Å². The van der Waals surface area contributed by atoms with Gasteiger partial charge in [0.05, 0.1) is 52.9 Å². The van der Waals surface area contributed by atoms with E-state index in [4.69, 9.17) is 37.9 Å². The van der Waals surface area contributed by atoms with E-state index in [1.165, 1.54) is 27.8 Å². The molecule has 9 nitrogen and oxygen atoms in total. The number of quaternary nitrogens is 1. The standard InChI is InChI=1S/C48H65NO8/c1-47(2,3)41-29-40(30-42(33-41)48(4,5)6)36-49-35-38-14-11-37(12-15-38)13-16-39-31-43-34-44(32-39)55-26-22-51-18-20-53-24-28-57-46-10-8-7-9-45(46)56-27-23-52-19-17-50-21-25-54-43/h7-12,14-15,29-34,49H,13,16-28,35-36H2,1-6H3/p+1. The largest absolute Gasteiger partial charge is 0.491 e. The summed E-state index contributed by atoms with van der Waals surface area (Å²) in [6.45, 7) is 21.0. The highest BCUT2D eigenvalue weighted by Crippen LogP contribution is 2.30. The summed E-state index contributed by atoms with van der Waals surface area (Å²) in [5.74, 6) is 2.88. The smallest absolute Gasteiger partial charge is 0.161 e. The third kappa shape index (κ3) is 16.0. The molecule has 0 saturated heterocycles. The second kappa shape index (κ2) is 22.7. The van der Waals surface area contributed by atoms with Crippen molar-refractivity contribution < 1.29 is 43.2 Å². The Morgan fingerprint density at radius 3 is 1.28 bits per heavy atom. The molecule has 4 aromatic rings. The molecule has 0 saturated carbocycles. The summed E-state index contributed by atoms with van der Waals surface area (Å²) in [4.78, 5) is 0. The number of hydrogen-bond acceptors (Lipinski definition) is 8. The van der Waals surface area contributed by atoms with E-state index in [1.54, 1.807) is 0 Å². The monoisotopic (exact) mass is 784 g/mol. The molecule has 1 aliphatic rings. The van der Waals surface area contributed by atoms with Crippen LogP contribution in [0.5, 0.6) is 23.0 Å². The Hall–Kier alpha value is -4.12. The van der Waals surface area contributed by atoms with Crippen LogP contribution in [0.2, 0.25) is 0 Å². The highest BCUT2D eigenvalue weighted by Gasteiger charge is 2.21. The first-order chi connectivity index (χ1) is 27.5. The van der Waals surface area contributed by atoms with Crippen molar-refractivity contribution in [1.29, 1.82) is 0 Å². The van der Waals surface area contributed by atoms with Gasteiger partial charge in [-0.25, -0.2) is 0 Å². The zero-order valence-electron chi connectivity index (χ0n) is 35.2. The van der Waals surface area contributed by atoms with Crippen LogP contribution in [0, 0.1) is 0 Å². The quantitative estimate of drug-likeness (QED) is 0.205. The van der Waals surface area contributed by atoms with Gasteiger partial charge in [-0.2, -0.15) is 0 Å². The summed E-state index contributed by atoms with van der Waals surface area (Å²) >= 11 is 0. The fourth-order valence-electron chi connectivity index (χ4n) is 6.34. The Labute approximate surface area is 341 Å². The van der Waals surface area contributed by atoms with Gasteiger partial charge in [0.2, 0.25) is 0 Å². The van der Waals surface area contributed by atoms with Gasteiger partial charge in [0.15, 0.2) is 11.5 Å². The molecule has 57 heavy (non-hydrogen) atoms. The molecule has 2 bridgehead atoms. The second-order valence-corrected chi connectivity index (χ2v) is 16.5. The molecule has 310 valence electrons. The molecule has 9 heteroatoms. The van der Waals surface area contributed by atoms with Gasteiger partial charge in [-0.05, 0) is 82.3 Å². The van der Waals surface area contributed by atoms with Gasteiger partial charge in [0.1, 0.15) is 51.0 Å². The van der Waals surface area contributed by atoms with Crippen LogP contribution in [0.3, 0.4) is 0 Å². The van der Waals surface area contributed by atoms with Gasteiger partial charge >= 0.3 is 0 Å². The van der Waals surface area contributed by atoms with Crippen LogP contribution in [0.25, 0.3) is 0 Å². The molecule has 0 radical (unpaired) electrons. The maximum atomic E-state index is 6.12. The minimum absolute atomic E-state index is 0.121. The molecule has 0 amide bonds. The Balaban J connectivity index is 1.11. The zero-order valence-corrected chi connectivity index (χ0v) is 35.2. The van der Waals surface area contributed by atoms with Gasteiger partial charge in [0, 0.05) is 17.2 Å². The van der Waals surface area contributed by atoms with E-state index in [1.807, 2.05) is 30.3 Å². The third-order valence-electron chi connectivity index (χ3n) is 9.71. The molecule has 0 unspecified atom stereocenters. The van der Waals surface area contributed by atoms with Crippen LogP contribution in [-0.4, -0.2) is 79.3 Å². The first-order valence-electron chi connectivity index (χ1n) is 20.6. The van der Waals surface area contributed by atoms with Crippen molar-refractivity contribution >= 4 is 0 Å². The average molecular weight is 785 g/mol. The lowest BCUT2D eigenvalue weighted by atomic mass is 9.79. The molecule has 0 fully saturated rings. The van der Waals surface area contributed by atoms with Crippen molar-refractivity contribution in [1.82, 2.24) is 0 Å². The van der Waals surface area contributed by atoms with Crippen molar-refractivity contribution in [3.8, 4) is 23.0 Å². The fourth-order valence-corrected chi connectivity index (χ4v) is 6.34. The molecular formula is C48H66NO8+. The van der Waals surface area contributed by atoms with Crippen molar-refractivity contribution in [2.75, 3.05) is 79.3 Å². The van der Waals surface area contributed by atoms with E-state index >= 15 is 0 Å². The van der Waals surface area contributed by atoms with Gasteiger partial charge < -0.3 is 43.2 Å². The highest BCUT2D eigenvalue weighted by molar-refractivity contribution is 5.40. The number of nitrogens with two attached hydrogens (primary N) is 1.